The maximum Gasteiger partial charge on any atom is 0.0861 e. The van der Waals surface area contributed by atoms with Crippen molar-refractivity contribution in [3.63, 3.8) is 0 Å². The first-order valence-corrected chi connectivity index (χ1v) is 7.21. The number of nitrogens with two attached hydrogens (primary N) is 1. The van der Waals surface area contributed by atoms with E-state index in [1.807, 2.05) is 0 Å². The first-order chi connectivity index (χ1) is 8.19. The van der Waals surface area contributed by atoms with Crippen LogP contribution in [0.2, 0.25) is 0 Å². The van der Waals surface area contributed by atoms with Gasteiger partial charge in [0.1, 0.15) is 0 Å². The van der Waals surface area contributed by atoms with E-state index in [0.29, 0.717) is 6.04 Å². The molecule has 0 amide bonds. The lowest BCUT2D eigenvalue weighted by molar-refractivity contribution is 0.0932. The number of ether oxygens (including phenoxy) is 1. The number of methoxy groups -OCH3 is 1. The Labute approximate surface area is 107 Å². The van der Waals surface area contributed by atoms with E-state index < -0.39 is 0 Å². The van der Waals surface area contributed by atoms with Gasteiger partial charge in [-0.15, -0.1) is 0 Å². The lowest BCUT2D eigenvalue weighted by Gasteiger charge is -2.24. The second kappa shape index (κ2) is 8.06. The smallest absolute Gasteiger partial charge is 0.0861 e. The van der Waals surface area contributed by atoms with Crippen LogP contribution in [0.4, 0.5) is 0 Å². The zero-order chi connectivity index (χ0) is 12.7. The monoisotopic (exact) mass is 242 g/mol. The van der Waals surface area contributed by atoms with Crippen LogP contribution in [0.3, 0.4) is 0 Å². The fourth-order valence-corrected chi connectivity index (χ4v) is 2.66. The van der Waals surface area contributed by atoms with E-state index in [0.717, 1.165) is 13.1 Å². The largest absolute Gasteiger partial charge is 0.378 e. The van der Waals surface area contributed by atoms with Gasteiger partial charge in [-0.3, -0.25) is 4.90 Å². The third-order valence-electron chi connectivity index (χ3n) is 3.99. The molecule has 0 aromatic carbocycles. The highest BCUT2D eigenvalue weighted by Gasteiger charge is 2.32. The maximum atomic E-state index is 6.05. The number of hydrogen-bond acceptors (Lipinski definition) is 3. The Hall–Kier alpha value is -0.120. The Morgan fingerprint density at radius 1 is 1.24 bits per heavy atom. The molecule has 1 aliphatic rings. The SMILES string of the molecule is CCCCCCCC(C)N1C[C@@H](N)[C@H](OC)C1. The van der Waals surface area contributed by atoms with Crippen molar-refractivity contribution < 1.29 is 4.74 Å². The highest BCUT2D eigenvalue weighted by atomic mass is 16.5. The minimum absolute atomic E-state index is 0.197. The summed E-state index contributed by atoms with van der Waals surface area (Å²) in [4.78, 5) is 2.48. The van der Waals surface area contributed by atoms with Gasteiger partial charge in [0.15, 0.2) is 0 Å². The van der Waals surface area contributed by atoms with Crippen molar-refractivity contribution >= 4 is 0 Å². The van der Waals surface area contributed by atoms with E-state index in [-0.39, 0.29) is 12.1 Å². The Morgan fingerprint density at radius 3 is 2.53 bits per heavy atom. The average molecular weight is 242 g/mol. The topological polar surface area (TPSA) is 38.5 Å². The summed E-state index contributed by atoms with van der Waals surface area (Å²) >= 11 is 0. The Bertz CT molecular complexity index is 199. The Morgan fingerprint density at radius 2 is 1.94 bits per heavy atom. The molecular formula is C14H30N2O. The summed E-state index contributed by atoms with van der Waals surface area (Å²) in [5.41, 5.74) is 6.05. The van der Waals surface area contributed by atoms with Crippen molar-refractivity contribution in [3.8, 4) is 0 Å². The van der Waals surface area contributed by atoms with Crippen molar-refractivity contribution in [1.29, 1.82) is 0 Å². The highest BCUT2D eigenvalue weighted by Crippen LogP contribution is 2.18. The summed E-state index contributed by atoms with van der Waals surface area (Å²) in [7, 11) is 1.77. The van der Waals surface area contributed by atoms with Crippen molar-refractivity contribution in [2.24, 2.45) is 5.73 Å². The molecule has 3 nitrogen and oxygen atoms in total. The first kappa shape index (κ1) is 14.9. The Balaban J connectivity index is 2.13. The normalized spacial score (nSPS) is 27.5. The van der Waals surface area contributed by atoms with E-state index in [9.17, 15) is 0 Å². The number of likely N-dealkylation sites (tertiary alicyclic amines) is 1. The Kier molecular flexibility index (Phi) is 7.09. The maximum absolute atomic E-state index is 6.05. The molecule has 1 aliphatic heterocycles. The van der Waals surface area contributed by atoms with Crippen molar-refractivity contribution in [2.45, 2.75) is 70.6 Å². The minimum atomic E-state index is 0.197. The fraction of sp³-hybridized carbons (Fsp3) is 1.00. The molecule has 0 radical (unpaired) electrons. The molecule has 1 rings (SSSR count). The van der Waals surface area contributed by atoms with Gasteiger partial charge in [0, 0.05) is 32.3 Å². The predicted octanol–water partition coefficient (Wildman–Crippen LogP) is 2.39. The van der Waals surface area contributed by atoms with Crippen LogP contribution in [0.25, 0.3) is 0 Å². The molecule has 1 fully saturated rings. The molecule has 0 bridgehead atoms. The average Bonchev–Trinajstić information content (AvgIpc) is 2.70. The van der Waals surface area contributed by atoms with Crippen LogP contribution in [-0.4, -0.2) is 43.3 Å². The van der Waals surface area contributed by atoms with Crippen molar-refractivity contribution in [1.82, 2.24) is 4.90 Å². The summed E-state index contributed by atoms with van der Waals surface area (Å²) in [6.07, 6.45) is 8.37. The molecule has 1 heterocycles. The molecule has 0 saturated carbocycles. The molecule has 2 N–H and O–H groups in total. The quantitative estimate of drug-likeness (QED) is 0.664. The summed E-state index contributed by atoms with van der Waals surface area (Å²) in [5.74, 6) is 0. The summed E-state index contributed by atoms with van der Waals surface area (Å²) in [6, 6.07) is 0.852. The number of hydrogen-bond donors (Lipinski definition) is 1. The molecule has 3 heteroatoms. The zero-order valence-corrected chi connectivity index (χ0v) is 11.8. The van der Waals surface area contributed by atoms with Crippen LogP contribution >= 0.6 is 0 Å². The molecule has 0 spiro atoms. The molecular weight excluding hydrogens is 212 g/mol. The molecule has 3 atom stereocenters. The van der Waals surface area contributed by atoms with E-state index in [4.69, 9.17) is 10.5 Å². The van der Waals surface area contributed by atoms with Crippen LogP contribution in [0, 0.1) is 0 Å². The predicted molar refractivity (Wildman–Crippen MR) is 73.2 cm³/mol. The molecule has 0 aromatic heterocycles. The summed E-state index contributed by atoms with van der Waals surface area (Å²) in [5, 5.41) is 0. The van der Waals surface area contributed by atoms with Crippen LogP contribution in [0.15, 0.2) is 0 Å². The standard InChI is InChI=1S/C14H30N2O/c1-4-5-6-7-8-9-12(2)16-10-13(15)14(11-16)17-3/h12-14H,4-11,15H2,1-3H3/t12?,13-,14-/m1/s1. The van der Waals surface area contributed by atoms with Crippen molar-refractivity contribution in [3.05, 3.63) is 0 Å². The lowest BCUT2D eigenvalue weighted by Crippen LogP contribution is -2.34. The third-order valence-corrected chi connectivity index (χ3v) is 3.99. The van der Waals surface area contributed by atoms with E-state index in [1.165, 1.54) is 38.5 Å². The minimum Gasteiger partial charge on any atom is -0.378 e. The van der Waals surface area contributed by atoms with Crippen LogP contribution in [0.1, 0.15) is 52.4 Å². The fourth-order valence-electron chi connectivity index (χ4n) is 2.66. The first-order valence-electron chi connectivity index (χ1n) is 7.21. The van der Waals surface area contributed by atoms with Crippen LogP contribution in [0.5, 0.6) is 0 Å². The summed E-state index contributed by atoms with van der Waals surface area (Å²) in [6.45, 7) is 6.59. The van der Waals surface area contributed by atoms with Crippen LogP contribution < -0.4 is 5.73 Å². The molecule has 1 saturated heterocycles. The third kappa shape index (κ3) is 4.94. The van der Waals surface area contributed by atoms with Gasteiger partial charge < -0.3 is 10.5 Å². The van der Waals surface area contributed by atoms with E-state index in [2.05, 4.69) is 18.7 Å². The molecule has 0 aromatic rings. The van der Waals surface area contributed by atoms with Gasteiger partial charge in [-0.1, -0.05) is 39.0 Å². The number of unbranched alkanes of at least 4 members (excludes halogenated alkanes) is 4. The molecule has 1 unspecified atom stereocenters. The number of nitrogens with zero attached hydrogens (tertiary/aromatic N) is 1. The molecule has 17 heavy (non-hydrogen) atoms. The summed E-state index contributed by atoms with van der Waals surface area (Å²) < 4.78 is 5.39. The van der Waals surface area contributed by atoms with Gasteiger partial charge in [-0.2, -0.15) is 0 Å². The van der Waals surface area contributed by atoms with Gasteiger partial charge in [0.2, 0.25) is 0 Å². The van der Waals surface area contributed by atoms with Crippen molar-refractivity contribution in [2.75, 3.05) is 20.2 Å². The van der Waals surface area contributed by atoms with E-state index in [1.54, 1.807) is 7.11 Å². The highest BCUT2D eigenvalue weighted by molar-refractivity contribution is 4.89. The van der Waals surface area contributed by atoms with Gasteiger partial charge in [0.05, 0.1) is 6.10 Å². The van der Waals surface area contributed by atoms with E-state index >= 15 is 0 Å². The molecule has 102 valence electrons. The lowest BCUT2D eigenvalue weighted by atomic mass is 10.1. The van der Waals surface area contributed by atoms with Gasteiger partial charge in [-0.05, 0) is 13.3 Å². The number of rotatable bonds is 8. The zero-order valence-electron chi connectivity index (χ0n) is 11.8. The second-order valence-corrected chi connectivity index (χ2v) is 5.44. The van der Waals surface area contributed by atoms with Gasteiger partial charge in [0.25, 0.3) is 0 Å². The van der Waals surface area contributed by atoms with Gasteiger partial charge >= 0.3 is 0 Å². The molecule has 0 aliphatic carbocycles. The van der Waals surface area contributed by atoms with Gasteiger partial charge in [-0.25, -0.2) is 0 Å². The van der Waals surface area contributed by atoms with Crippen LogP contribution in [-0.2, 0) is 4.74 Å². The second-order valence-electron chi connectivity index (χ2n) is 5.44.